The second kappa shape index (κ2) is 6.51. The number of methoxy groups -OCH3 is 1. The van der Waals surface area contributed by atoms with Gasteiger partial charge < -0.3 is 4.74 Å². The second-order valence-corrected chi connectivity index (χ2v) is 3.04. The van der Waals surface area contributed by atoms with Crippen LogP contribution < -0.4 is 4.74 Å². The summed E-state index contributed by atoms with van der Waals surface area (Å²) in [6, 6.07) is 9.73. The van der Waals surface area contributed by atoms with Crippen LogP contribution in [0.5, 0.6) is 5.75 Å². The molecule has 0 aromatic heterocycles. The SMILES string of the molecule is COc1ccc(C#CCCCC#N)cc1. The van der Waals surface area contributed by atoms with E-state index in [1.165, 1.54) is 0 Å². The van der Waals surface area contributed by atoms with Crippen molar-refractivity contribution in [3.8, 4) is 23.7 Å². The van der Waals surface area contributed by atoms with E-state index in [1.54, 1.807) is 7.11 Å². The van der Waals surface area contributed by atoms with Gasteiger partial charge in [0.1, 0.15) is 5.75 Å². The number of benzene rings is 1. The minimum Gasteiger partial charge on any atom is -0.497 e. The maximum Gasteiger partial charge on any atom is 0.118 e. The lowest BCUT2D eigenvalue weighted by molar-refractivity contribution is 0.415. The highest BCUT2D eigenvalue weighted by Gasteiger charge is 1.89. The molecule has 76 valence electrons. The molecule has 0 unspecified atom stereocenters. The van der Waals surface area contributed by atoms with Crippen molar-refractivity contribution in [3.05, 3.63) is 29.8 Å². The highest BCUT2D eigenvalue weighted by molar-refractivity contribution is 5.38. The van der Waals surface area contributed by atoms with Crippen LogP contribution in [-0.2, 0) is 0 Å². The summed E-state index contributed by atoms with van der Waals surface area (Å²) < 4.78 is 5.04. The lowest BCUT2D eigenvalue weighted by Gasteiger charge is -1.97. The van der Waals surface area contributed by atoms with Crippen LogP contribution in [0.2, 0.25) is 0 Å². The van der Waals surface area contributed by atoms with Crippen LogP contribution in [0.3, 0.4) is 0 Å². The van der Waals surface area contributed by atoms with Crippen LogP contribution in [0.25, 0.3) is 0 Å². The Bertz CT molecular complexity index is 389. The average molecular weight is 199 g/mol. The van der Waals surface area contributed by atoms with Gasteiger partial charge in [0.05, 0.1) is 13.2 Å². The molecule has 0 bridgehead atoms. The molecule has 1 rings (SSSR count). The highest BCUT2D eigenvalue weighted by atomic mass is 16.5. The lowest BCUT2D eigenvalue weighted by atomic mass is 10.2. The summed E-state index contributed by atoms with van der Waals surface area (Å²) in [5.74, 6) is 6.91. The minimum atomic E-state index is 0.581. The van der Waals surface area contributed by atoms with Crippen molar-refractivity contribution in [1.82, 2.24) is 0 Å². The summed E-state index contributed by atoms with van der Waals surface area (Å²) in [6.07, 6.45) is 2.20. The smallest absolute Gasteiger partial charge is 0.118 e. The normalized spacial score (nSPS) is 8.53. The van der Waals surface area contributed by atoms with Gasteiger partial charge in [0.2, 0.25) is 0 Å². The summed E-state index contributed by atoms with van der Waals surface area (Å²) in [7, 11) is 1.64. The summed E-state index contributed by atoms with van der Waals surface area (Å²) in [6.45, 7) is 0. The van der Waals surface area contributed by atoms with Gasteiger partial charge in [-0.2, -0.15) is 5.26 Å². The van der Waals surface area contributed by atoms with Crippen molar-refractivity contribution in [3.63, 3.8) is 0 Å². The molecule has 0 heterocycles. The maximum absolute atomic E-state index is 8.33. The Morgan fingerprint density at radius 1 is 1.20 bits per heavy atom. The molecule has 2 nitrogen and oxygen atoms in total. The van der Waals surface area contributed by atoms with Crippen molar-refractivity contribution in [2.75, 3.05) is 7.11 Å². The van der Waals surface area contributed by atoms with E-state index in [0.717, 1.165) is 24.2 Å². The van der Waals surface area contributed by atoms with Gasteiger partial charge in [-0.1, -0.05) is 11.8 Å². The Labute approximate surface area is 90.5 Å². The highest BCUT2D eigenvalue weighted by Crippen LogP contribution is 2.10. The quantitative estimate of drug-likeness (QED) is 0.554. The molecule has 0 fully saturated rings. The molecule has 0 aliphatic heterocycles. The van der Waals surface area contributed by atoms with E-state index in [1.807, 2.05) is 24.3 Å². The van der Waals surface area contributed by atoms with E-state index in [4.69, 9.17) is 10.00 Å². The van der Waals surface area contributed by atoms with Crippen LogP contribution in [0.4, 0.5) is 0 Å². The number of nitriles is 1. The molecule has 0 amide bonds. The predicted octanol–water partition coefficient (Wildman–Crippen LogP) is 2.74. The van der Waals surface area contributed by atoms with E-state index >= 15 is 0 Å². The van der Waals surface area contributed by atoms with Gasteiger partial charge in [0.25, 0.3) is 0 Å². The zero-order valence-corrected chi connectivity index (χ0v) is 8.79. The molecule has 0 saturated carbocycles. The first-order chi connectivity index (χ1) is 7.36. The molecule has 1 aromatic carbocycles. The molecule has 0 aliphatic rings. The van der Waals surface area contributed by atoms with E-state index in [0.29, 0.717) is 6.42 Å². The first kappa shape index (κ1) is 11.1. The molecule has 2 heteroatoms. The third-order valence-corrected chi connectivity index (χ3v) is 1.91. The standard InChI is InChI=1S/C13H13NO/c1-15-13-9-7-12(8-10-13)6-4-2-3-5-11-14/h7-10H,2-3,5H2,1H3. The molecule has 0 atom stereocenters. The van der Waals surface area contributed by atoms with Crippen LogP contribution in [0, 0.1) is 23.2 Å². The van der Waals surface area contributed by atoms with E-state index in [-0.39, 0.29) is 0 Å². The van der Waals surface area contributed by atoms with Crippen LogP contribution in [-0.4, -0.2) is 7.11 Å². The lowest BCUT2D eigenvalue weighted by Crippen LogP contribution is -1.81. The molecule has 1 aromatic rings. The number of rotatable bonds is 3. The topological polar surface area (TPSA) is 33.0 Å². The Balaban J connectivity index is 2.46. The maximum atomic E-state index is 8.33. The third kappa shape index (κ3) is 4.20. The van der Waals surface area contributed by atoms with E-state index in [9.17, 15) is 0 Å². The molecule has 15 heavy (non-hydrogen) atoms. The van der Waals surface area contributed by atoms with Crippen LogP contribution >= 0.6 is 0 Å². The van der Waals surface area contributed by atoms with Crippen molar-refractivity contribution in [2.45, 2.75) is 19.3 Å². The van der Waals surface area contributed by atoms with Crippen LogP contribution in [0.1, 0.15) is 24.8 Å². The third-order valence-electron chi connectivity index (χ3n) is 1.91. The molecule has 0 aliphatic carbocycles. The van der Waals surface area contributed by atoms with Gasteiger partial charge >= 0.3 is 0 Å². The van der Waals surface area contributed by atoms with Crippen molar-refractivity contribution < 1.29 is 4.74 Å². The summed E-state index contributed by atoms with van der Waals surface area (Å²) in [4.78, 5) is 0. The monoisotopic (exact) mass is 199 g/mol. The average Bonchev–Trinajstić information content (AvgIpc) is 2.30. The van der Waals surface area contributed by atoms with Crippen molar-refractivity contribution >= 4 is 0 Å². The van der Waals surface area contributed by atoms with Gasteiger partial charge in [-0.15, -0.1) is 0 Å². The van der Waals surface area contributed by atoms with Gasteiger partial charge in [-0.3, -0.25) is 0 Å². The minimum absolute atomic E-state index is 0.581. The molecular weight excluding hydrogens is 186 g/mol. The van der Waals surface area contributed by atoms with Gasteiger partial charge in [-0.05, 0) is 30.7 Å². The molecule has 0 saturated heterocycles. The number of nitrogens with zero attached hydrogens (tertiary/aromatic N) is 1. The predicted molar refractivity (Wildman–Crippen MR) is 59.3 cm³/mol. The molecule has 0 N–H and O–H groups in total. The Morgan fingerprint density at radius 2 is 1.93 bits per heavy atom. The van der Waals surface area contributed by atoms with Crippen LogP contribution in [0.15, 0.2) is 24.3 Å². The number of ether oxygens (including phenoxy) is 1. The van der Waals surface area contributed by atoms with Gasteiger partial charge in [0.15, 0.2) is 0 Å². The number of hydrogen-bond donors (Lipinski definition) is 0. The fraction of sp³-hybridized carbons (Fsp3) is 0.308. The molecular formula is C13H13NO. The summed E-state index contributed by atoms with van der Waals surface area (Å²) >= 11 is 0. The molecule has 0 radical (unpaired) electrons. The fourth-order valence-electron chi connectivity index (χ4n) is 1.09. The van der Waals surface area contributed by atoms with Crippen molar-refractivity contribution in [1.29, 1.82) is 5.26 Å². The Hall–Kier alpha value is -1.93. The van der Waals surface area contributed by atoms with E-state index in [2.05, 4.69) is 17.9 Å². The second-order valence-electron chi connectivity index (χ2n) is 3.04. The first-order valence-corrected chi connectivity index (χ1v) is 4.86. The van der Waals surface area contributed by atoms with Crippen molar-refractivity contribution in [2.24, 2.45) is 0 Å². The largest absolute Gasteiger partial charge is 0.497 e. The number of unbranched alkanes of at least 4 members (excludes halogenated alkanes) is 2. The summed E-state index contributed by atoms with van der Waals surface area (Å²) in [5, 5.41) is 8.33. The van der Waals surface area contributed by atoms with E-state index < -0.39 is 0 Å². The number of hydrogen-bond acceptors (Lipinski definition) is 2. The Morgan fingerprint density at radius 3 is 2.53 bits per heavy atom. The Kier molecular flexibility index (Phi) is 4.84. The first-order valence-electron chi connectivity index (χ1n) is 4.86. The van der Waals surface area contributed by atoms with Gasteiger partial charge in [0, 0.05) is 18.4 Å². The summed E-state index contributed by atoms with van der Waals surface area (Å²) in [5.41, 5.74) is 0.979. The van der Waals surface area contributed by atoms with Gasteiger partial charge in [-0.25, -0.2) is 0 Å². The fourth-order valence-corrected chi connectivity index (χ4v) is 1.09. The molecule has 0 spiro atoms. The zero-order valence-electron chi connectivity index (χ0n) is 8.79. The zero-order chi connectivity index (χ0) is 10.9.